The standard InChI is InChI=1S/C10H10N3/c1-8-3-5-9(6-4-8)10-11-7-13(2)12-10/h3-6H,1-2H3. The predicted octanol–water partition coefficient (Wildman–Crippen LogP) is 1.59. The first-order valence-electron chi connectivity index (χ1n) is 4.11. The number of nitrogens with zero attached hydrogens (tertiary/aromatic N) is 3. The molecule has 0 aliphatic carbocycles. The first-order valence-corrected chi connectivity index (χ1v) is 4.11. The van der Waals surface area contributed by atoms with E-state index < -0.39 is 0 Å². The Kier molecular flexibility index (Phi) is 1.85. The van der Waals surface area contributed by atoms with Gasteiger partial charge in [-0.05, 0) is 6.92 Å². The summed E-state index contributed by atoms with van der Waals surface area (Å²) >= 11 is 0. The zero-order chi connectivity index (χ0) is 9.26. The molecule has 0 unspecified atom stereocenters. The number of hydrogen-bond donors (Lipinski definition) is 0. The Labute approximate surface area is 77.0 Å². The molecule has 0 bridgehead atoms. The number of aryl methyl sites for hydroxylation is 2. The van der Waals surface area contributed by atoms with Crippen molar-refractivity contribution in [3.05, 3.63) is 36.2 Å². The van der Waals surface area contributed by atoms with Gasteiger partial charge in [0.25, 0.3) is 0 Å². The van der Waals surface area contributed by atoms with E-state index in [2.05, 4.69) is 23.3 Å². The number of benzene rings is 1. The molecule has 0 saturated carbocycles. The fraction of sp³-hybridized carbons (Fsp3) is 0.200. The first-order chi connectivity index (χ1) is 6.25. The minimum atomic E-state index is 0.725. The summed E-state index contributed by atoms with van der Waals surface area (Å²) in [6.07, 6.45) is 2.74. The Hall–Kier alpha value is -1.64. The van der Waals surface area contributed by atoms with Crippen molar-refractivity contribution in [1.29, 1.82) is 0 Å². The Bertz CT molecular complexity index is 400. The maximum Gasteiger partial charge on any atom is 0.196 e. The molecule has 0 amide bonds. The van der Waals surface area contributed by atoms with Crippen molar-refractivity contribution >= 4 is 0 Å². The molecule has 1 radical (unpaired) electrons. The van der Waals surface area contributed by atoms with Crippen LogP contribution in [0.2, 0.25) is 0 Å². The summed E-state index contributed by atoms with van der Waals surface area (Å²) in [7, 11) is 1.81. The van der Waals surface area contributed by atoms with Crippen molar-refractivity contribution in [3.8, 4) is 11.4 Å². The molecule has 1 heterocycles. The van der Waals surface area contributed by atoms with E-state index in [1.807, 2.05) is 31.3 Å². The normalized spacial score (nSPS) is 10.3. The van der Waals surface area contributed by atoms with E-state index in [9.17, 15) is 0 Å². The predicted molar refractivity (Wildman–Crippen MR) is 50.0 cm³/mol. The van der Waals surface area contributed by atoms with Gasteiger partial charge in [0, 0.05) is 12.6 Å². The second-order valence-electron chi connectivity index (χ2n) is 3.03. The molecule has 0 N–H and O–H groups in total. The van der Waals surface area contributed by atoms with Gasteiger partial charge in [-0.25, -0.2) is 9.67 Å². The highest BCUT2D eigenvalue weighted by Crippen LogP contribution is 2.13. The number of rotatable bonds is 1. The average molecular weight is 172 g/mol. The van der Waals surface area contributed by atoms with Crippen LogP contribution in [-0.4, -0.2) is 14.8 Å². The third-order valence-corrected chi connectivity index (χ3v) is 1.86. The molecule has 0 aliphatic rings. The molecule has 0 spiro atoms. The van der Waals surface area contributed by atoms with Crippen LogP contribution < -0.4 is 0 Å². The van der Waals surface area contributed by atoms with Crippen LogP contribution in [-0.2, 0) is 7.05 Å². The van der Waals surface area contributed by atoms with Crippen LogP contribution in [0.1, 0.15) is 5.56 Å². The van der Waals surface area contributed by atoms with Gasteiger partial charge in [0.05, 0.1) is 0 Å². The molecule has 0 atom stereocenters. The SMILES string of the molecule is Cc1ccc(-c2n[c]n(C)n2)cc1. The minimum absolute atomic E-state index is 0.725. The van der Waals surface area contributed by atoms with Gasteiger partial charge in [0.15, 0.2) is 12.2 Å². The summed E-state index contributed by atoms with van der Waals surface area (Å²) < 4.78 is 1.58. The van der Waals surface area contributed by atoms with Crippen molar-refractivity contribution in [2.75, 3.05) is 0 Å². The molecule has 65 valence electrons. The fourth-order valence-electron chi connectivity index (χ4n) is 1.13. The van der Waals surface area contributed by atoms with E-state index in [1.54, 1.807) is 4.68 Å². The third-order valence-electron chi connectivity index (χ3n) is 1.86. The fourth-order valence-corrected chi connectivity index (χ4v) is 1.13. The second kappa shape index (κ2) is 3.01. The maximum absolute atomic E-state index is 4.16. The van der Waals surface area contributed by atoms with E-state index in [4.69, 9.17) is 0 Å². The van der Waals surface area contributed by atoms with Crippen molar-refractivity contribution in [2.45, 2.75) is 6.92 Å². The van der Waals surface area contributed by atoms with Gasteiger partial charge in [-0.15, -0.1) is 0 Å². The van der Waals surface area contributed by atoms with Gasteiger partial charge >= 0.3 is 0 Å². The molecule has 1 aromatic heterocycles. The molecule has 13 heavy (non-hydrogen) atoms. The van der Waals surface area contributed by atoms with Crippen LogP contribution in [0, 0.1) is 13.3 Å². The van der Waals surface area contributed by atoms with E-state index >= 15 is 0 Å². The second-order valence-corrected chi connectivity index (χ2v) is 3.03. The van der Waals surface area contributed by atoms with Crippen molar-refractivity contribution in [3.63, 3.8) is 0 Å². The smallest absolute Gasteiger partial charge is 0.196 e. The van der Waals surface area contributed by atoms with Crippen LogP contribution in [0.25, 0.3) is 11.4 Å². The van der Waals surface area contributed by atoms with Gasteiger partial charge in [0.1, 0.15) is 0 Å². The molecule has 1 aromatic carbocycles. The van der Waals surface area contributed by atoms with Gasteiger partial charge in [-0.2, -0.15) is 5.10 Å². The average Bonchev–Trinajstić information content (AvgIpc) is 2.53. The van der Waals surface area contributed by atoms with Crippen LogP contribution in [0.5, 0.6) is 0 Å². The van der Waals surface area contributed by atoms with Crippen LogP contribution in [0.15, 0.2) is 24.3 Å². The molecule has 0 fully saturated rings. The molecule has 0 aliphatic heterocycles. The van der Waals surface area contributed by atoms with Crippen LogP contribution in [0.4, 0.5) is 0 Å². The summed E-state index contributed by atoms with van der Waals surface area (Å²) in [6.45, 7) is 2.06. The van der Waals surface area contributed by atoms with Gasteiger partial charge in [-0.3, -0.25) is 0 Å². The summed E-state index contributed by atoms with van der Waals surface area (Å²) in [6, 6.07) is 8.12. The lowest BCUT2D eigenvalue weighted by molar-refractivity contribution is 0.761. The van der Waals surface area contributed by atoms with Crippen LogP contribution >= 0.6 is 0 Å². The Morgan fingerprint density at radius 3 is 2.46 bits per heavy atom. The number of hydrogen-bond acceptors (Lipinski definition) is 2. The first kappa shape index (κ1) is 7.98. The highest BCUT2D eigenvalue weighted by atomic mass is 15.3. The molecular weight excluding hydrogens is 162 g/mol. The number of aromatic nitrogens is 3. The highest BCUT2D eigenvalue weighted by Gasteiger charge is 2.01. The summed E-state index contributed by atoms with van der Waals surface area (Å²) in [4.78, 5) is 4.04. The molecule has 3 heteroatoms. The van der Waals surface area contributed by atoms with E-state index in [1.165, 1.54) is 5.56 Å². The lowest BCUT2D eigenvalue weighted by atomic mass is 10.1. The molecule has 3 nitrogen and oxygen atoms in total. The monoisotopic (exact) mass is 172 g/mol. The third kappa shape index (κ3) is 1.59. The van der Waals surface area contributed by atoms with E-state index in [0.29, 0.717) is 0 Å². The summed E-state index contributed by atoms with van der Waals surface area (Å²) in [5, 5.41) is 4.16. The highest BCUT2D eigenvalue weighted by molar-refractivity contribution is 5.54. The topological polar surface area (TPSA) is 30.7 Å². The zero-order valence-corrected chi connectivity index (χ0v) is 7.65. The minimum Gasteiger partial charge on any atom is -0.246 e. The van der Waals surface area contributed by atoms with Crippen LogP contribution in [0.3, 0.4) is 0 Å². The lowest BCUT2D eigenvalue weighted by Gasteiger charge is -1.95. The zero-order valence-electron chi connectivity index (χ0n) is 7.65. The molecule has 2 rings (SSSR count). The Morgan fingerprint density at radius 1 is 1.23 bits per heavy atom. The Balaban J connectivity index is 2.41. The van der Waals surface area contributed by atoms with E-state index in [-0.39, 0.29) is 0 Å². The summed E-state index contributed by atoms with van der Waals surface area (Å²) in [5.74, 6) is 0.725. The maximum atomic E-state index is 4.16. The molecular formula is C10H10N3. The quantitative estimate of drug-likeness (QED) is 0.654. The van der Waals surface area contributed by atoms with E-state index in [0.717, 1.165) is 11.4 Å². The van der Waals surface area contributed by atoms with Gasteiger partial charge in [-0.1, -0.05) is 29.8 Å². The van der Waals surface area contributed by atoms with Crippen molar-refractivity contribution in [2.24, 2.45) is 7.05 Å². The van der Waals surface area contributed by atoms with Gasteiger partial charge in [0.2, 0.25) is 0 Å². The summed E-state index contributed by atoms with van der Waals surface area (Å²) in [5.41, 5.74) is 2.27. The molecule has 2 aromatic rings. The van der Waals surface area contributed by atoms with Gasteiger partial charge < -0.3 is 0 Å². The van der Waals surface area contributed by atoms with Crippen molar-refractivity contribution in [1.82, 2.24) is 14.8 Å². The largest absolute Gasteiger partial charge is 0.246 e. The molecule has 0 saturated heterocycles. The lowest BCUT2D eigenvalue weighted by Crippen LogP contribution is -1.88. The van der Waals surface area contributed by atoms with Crippen molar-refractivity contribution < 1.29 is 0 Å². The Morgan fingerprint density at radius 2 is 1.92 bits per heavy atom.